The maximum Gasteiger partial charge on any atom is 0.304 e. The van der Waals surface area contributed by atoms with Gasteiger partial charge in [-0.3, -0.25) is 24.1 Å². The first-order valence-corrected chi connectivity index (χ1v) is 14.5. The molecule has 3 aliphatic heterocycles. The van der Waals surface area contributed by atoms with Crippen molar-refractivity contribution >= 4 is 35.1 Å². The van der Waals surface area contributed by atoms with Gasteiger partial charge in [0.25, 0.3) is 5.91 Å². The van der Waals surface area contributed by atoms with Crippen molar-refractivity contribution in [1.82, 2.24) is 4.90 Å². The van der Waals surface area contributed by atoms with E-state index in [1.807, 2.05) is 0 Å². The number of likely N-dealkylation sites (tertiary alicyclic amines) is 1. The topological polar surface area (TPSA) is 137 Å². The summed E-state index contributed by atoms with van der Waals surface area (Å²) in [6.45, 7) is 3.73. The molecule has 0 spiro atoms. The highest BCUT2D eigenvalue weighted by Crippen LogP contribution is 2.47. The molecule has 2 aromatic carbocycles. The van der Waals surface area contributed by atoms with Crippen LogP contribution in [0.5, 0.6) is 5.75 Å². The Hall–Kier alpha value is -4.22. The molecule has 3 aliphatic rings. The molecule has 0 radical (unpaired) electrons. The fourth-order valence-corrected chi connectivity index (χ4v) is 6.12. The maximum absolute atomic E-state index is 13.9. The van der Waals surface area contributed by atoms with Crippen molar-refractivity contribution in [3.63, 3.8) is 0 Å². The molecule has 11 nitrogen and oxygen atoms in total. The number of rotatable bonds is 10. The number of aliphatic hydroxyl groups excluding tert-OH is 1. The molecule has 1 unspecified atom stereocenters. The van der Waals surface area contributed by atoms with E-state index in [0.717, 1.165) is 18.4 Å². The van der Waals surface area contributed by atoms with Crippen LogP contribution in [-0.2, 0) is 36.1 Å². The van der Waals surface area contributed by atoms with Crippen LogP contribution in [0.25, 0.3) is 0 Å². The second kappa shape index (κ2) is 12.2. The first kappa shape index (κ1) is 30.2. The van der Waals surface area contributed by atoms with Crippen LogP contribution in [0.3, 0.4) is 0 Å². The molecular formula is C32H37N3O8. The Morgan fingerprint density at radius 2 is 1.91 bits per heavy atom. The Bertz CT molecular complexity index is 1440. The number of nitrogens with zero attached hydrogens (tertiary/aromatic N) is 3. The van der Waals surface area contributed by atoms with Crippen molar-refractivity contribution in [3.05, 3.63) is 65.7 Å². The average molecular weight is 592 g/mol. The molecule has 0 aliphatic carbocycles. The number of hydrogen-bond donors (Lipinski definition) is 2. The zero-order valence-corrected chi connectivity index (χ0v) is 24.6. The summed E-state index contributed by atoms with van der Waals surface area (Å²) in [4.78, 5) is 54.8. The largest absolute Gasteiger partial charge is 0.497 e. The van der Waals surface area contributed by atoms with Crippen LogP contribution in [0.4, 0.5) is 11.4 Å². The summed E-state index contributed by atoms with van der Waals surface area (Å²) in [5.74, 6) is -1.40. The number of benzene rings is 2. The van der Waals surface area contributed by atoms with Crippen LogP contribution in [0, 0.1) is 5.92 Å². The zero-order chi connectivity index (χ0) is 30.9. The summed E-state index contributed by atoms with van der Waals surface area (Å²) in [5.41, 5.74) is 0.397. The first-order chi connectivity index (χ1) is 20.6. The molecule has 0 saturated carbocycles. The third-order valence-electron chi connectivity index (χ3n) is 8.52. The first-order valence-electron chi connectivity index (χ1n) is 14.5. The number of β-lactam (4-membered cyclic amide) rings is 1. The molecule has 228 valence electrons. The number of methoxy groups -OCH3 is 1. The number of carbonyl (C=O) groups is 4. The molecule has 3 heterocycles. The van der Waals surface area contributed by atoms with Gasteiger partial charge in [-0.2, -0.15) is 0 Å². The van der Waals surface area contributed by atoms with Crippen molar-refractivity contribution in [2.75, 3.05) is 30.1 Å². The fraction of sp³-hybridized carbons (Fsp3) is 0.438. The van der Waals surface area contributed by atoms with Gasteiger partial charge in [0.05, 0.1) is 38.4 Å². The number of ether oxygens (including phenoxy) is 2. The van der Waals surface area contributed by atoms with E-state index >= 15 is 0 Å². The van der Waals surface area contributed by atoms with Crippen molar-refractivity contribution in [1.29, 1.82) is 0 Å². The van der Waals surface area contributed by atoms with Crippen molar-refractivity contribution in [3.8, 4) is 5.75 Å². The molecule has 2 aromatic rings. The molecule has 4 atom stereocenters. The highest BCUT2D eigenvalue weighted by molar-refractivity contribution is 6.07. The molecule has 2 fully saturated rings. The highest BCUT2D eigenvalue weighted by atomic mass is 16.6. The van der Waals surface area contributed by atoms with E-state index in [1.54, 1.807) is 66.4 Å². The molecule has 0 bridgehead atoms. The second-order valence-electron chi connectivity index (χ2n) is 11.2. The number of amides is 3. The summed E-state index contributed by atoms with van der Waals surface area (Å²) in [6, 6.07) is 12.0. The SMILES string of the molecule is COc1ccc2c(c1)[C@](O)([C@@H](C)/C=C/CC(=O)N1CCC[C@H]1CO)C(=O)N2Cc1ccc(N2C(=O)CC2OC(C)=O)cc1. The summed E-state index contributed by atoms with van der Waals surface area (Å²) in [6.07, 6.45) is 4.59. The van der Waals surface area contributed by atoms with Gasteiger partial charge in [-0.25, -0.2) is 0 Å². The predicted molar refractivity (Wildman–Crippen MR) is 157 cm³/mol. The molecule has 11 heteroatoms. The third kappa shape index (κ3) is 5.62. The lowest BCUT2D eigenvalue weighted by Crippen LogP contribution is -2.54. The standard InChI is InChI=1S/C32H37N3O8/c1-20(6-4-8-28(38)33-15-5-7-24(33)19-36)32(41)26-16-25(42-3)13-14-27(26)34(31(32)40)18-22-9-11-23(12-10-22)35-29(39)17-30(35)43-21(2)37/h4,6,9-14,16,20,24,30,36,41H,5,7-8,15,17-19H2,1-3H3/b6-4+/t20-,24-,30?,32+/m0/s1. The van der Waals surface area contributed by atoms with Crippen LogP contribution >= 0.6 is 0 Å². The number of hydrogen-bond acceptors (Lipinski definition) is 8. The van der Waals surface area contributed by atoms with Crippen molar-refractivity contribution < 1.29 is 38.9 Å². The lowest BCUT2D eigenvalue weighted by molar-refractivity contribution is -0.154. The van der Waals surface area contributed by atoms with Gasteiger partial charge in [0.1, 0.15) is 5.75 Å². The lowest BCUT2D eigenvalue weighted by Gasteiger charge is -2.39. The maximum atomic E-state index is 13.9. The minimum Gasteiger partial charge on any atom is -0.497 e. The van der Waals surface area contributed by atoms with Gasteiger partial charge < -0.3 is 29.5 Å². The van der Waals surface area contributed by atoms with Gasteiger partial charge in [0.2, 0.25) is 11.8 Å². The van der Waals surface area contributed by atoms with Gasteiger partial charge in [0.15, 0.2) is 11.8 Å². The lowest BCUT2D eigenvalue weighted by atomic mass is 9.83. The van der Waals surface area contributed by atoms with E-state index in [1.165, 1.54) is 23.8 Å². The molecular weight excluding hydrogens is 554 g/mol. The van der Waals surface area contributed by atoms with E-state index in [4.69, 9.17) is 9.47 Å². The van der Waals surface area contributed by atoms with Crippen LogP contribution in [0.1, 0.15) is 50.7 Å². The second-order valence-corrected chi connectivity index (χ2v) is 11.2. The van der Waals surface area contributed by atoms with Gasteiger partial charge in [-0.05, 0) is 48.7 Å². The molecule has 0 aromatic heterocycles. The molecule has 3 amide bonds. The average Bonchev–Trinajstić information content (AvgIpc) is 3.55. The Kier molecular flexibility index (Phi) is 8.57. The Morgan fingerprint density at radius 3 is 2.56 bits per heavy atom. The summed E-state index contributed by atoms with van der Waals surface area (Å²) < 4.78 is 10.6. The zero-order valence-electron chi connectivity index (χ0n) is 24.6. The van der Waals surface area contributed by atoms with Crippen molar-refractivity contribution in [2.45, 2.75) is 63.9 Å². The summed E-state index contributed by atoms with van der Waals surface area (Å²) >= 11 is 0. The highest BCUT2D eigenvalue weighted by Gasteiger charge is 2.52. The van der Waals surface area contributed by atoms with Crippen LogP contribution in [0.2, 0.25) is 0 Å². The Balaban J connectivity index is 1.34. The minimum atomic E-state index is -1.90. The minimum absolute atomic E-state index is 0.0670. The number of esters is 1. The van der Waals surface area contributed by atoms with Crippen molar-refractivity contribution in [2.24, 2.45) is 5.92 Å². The van der Waals surface area contributed by atoms with E-state index < -0.39 is 29.6 Å². The van der Waals surface area contributed by atoms with Gasteiger partial charge >= 0.3 is 5.97 Å². The monoisotopic (exact) mass is 591 g/mol. The predicted octanol–water partition coefficient (Wildman–Crippen LogP) is 2.62. The number of anilines is 2. The van der Waals surface area contributed by atoms with Gasteiger partial charge in [-0.1, -0.05) is 31.2 Å². The summed E-state index contributed by atoms with van der Waals surface area (Å²) in [7, 11) is 1.51. The molecule has 43 heavy (non-hydrogen) atoms. The summed E-state index contributed by atoms with van der Waals surface area (Å²) in [5, 5.41) is 21.5. The number of fused-ring (bicyclic) bond motifs is 1. The Morgan fingerprint density at radius 1 is 1.16 bits per heavy atom. The van der Waals surface area contributed by atoms with Gasteiger partial charge in [-0.15, -0.1) is 0 Å². The van der Waals surface area contributed by atoms with Gasteiger partial charge in [0, 0.05) is 37.1 Å². The van der Waals surface area contributed by atoms with E-state index in [0.29, 0.717) is 29.2 Å². The molecule has 2 N–H and O–H groups in total. The smallest absolute Gasteiger partial charge is 0.304 e. The van der Waals surface area contributed by atoms with E-state index in [2.05, 4.69) is 0 Å². The van der Waals surface area contributed by atoms with Crippen LogP contribution in [0.15, 0.2) is 54.6 Å². The number of carbonyl (C=O) groups excluding carboxylic acids is 4. The normalized spacial score (nSPS) is 23.9. The fourth-order valence-electron chi connectivity index (χ4n) is 6.12. The van der Waals surface area contributed by atoms with Crippen LogP contribution in [-0.4, -0.2) is 71.3 Å². The quantitative estimate of drug-likeness (QED) is 0.245. The molecule has 5 rings (SSSR count). The Labute approximate surface area is 250 Å². The van der Waals surface area contributed by atoms with Crippen LogP contribution < -0.4 is 14.5 Å². The van der Waals surface area contributed by atoms with E-state index in [-0.39, 0.29) is 43.8 Å². The van der Waals surface area contributed by atoms with E-state index in [9.17, 15) is 29.4 Å². The molecule has 2 saturated heterocycles. The number of aliphatic hydroxyl groups is 2. The third-order valence-corrected chi connectivity index (χ3v) is 8.52.